The Morgan fingerprint density at radius 2 is 1.55 bits per heavy atom. The number of nitrogens with one attached hydrogen (secondary N) is 1. The van der Waals surface area contributed by atoms with Gasteiger partial charge in [0.2, 0.25) is 0 Å². The van der Waals surface area contributed by atoms with Crippen LogP contribution in [0.3, 0.4) is 0 Å². The maximum absolute atomic E-state index is 9.90. The summed E-state index contributed by atoms with van der Waals surface area (Å²) in [6, 6.07) is 13.1. The molecule has 0 fully saturated rings. The third-order valence-electron chi connectivity index (χ3n) is 3.64. The van der Waals surface area contributed by atoms with Crippen molar-refractivity contribution in [3.8, 4) is 11.5 Å². The largest absolute Gasteiger partial charge is 0.508 e. The van der Waals surface area contributed by atoms with Gasteiger partial charge in [0.1, 0.15) is 11.5 Å². The molecule has 0 aliphatic rings. The van der Waals surface area contributed by atoms with Gasteiger partial charge in [0.05, 0.1) is 0 Å². The highest BCUT2D eigenvalue weighted by Crippen LogP contribution is 2.29. The summed E-state index contributed by atoms with van der Waals surface area (Å²) in [6.07, 6.45) is 0. The van der Waals surface area contributed by atoms with Gasteiger partial charge in [-0.3, -0.25) is 0 Å². The molecule has 0 heterocycles. The Morgan fingerprint density at radius 1 is 0.900 bits per heavy atom. The summed E-state index contributed by atoms with van der Waals surface area (Å²) in [4.78, 5) is 0. The molecule has 0 amide bonds. The second kappa shape index (κ2) is 5.97. The topological polar surface area (TPSA) is 52.5 Å². The van der Waals surface area contributed by atoms with Crippen molar-refractivity contribution in [2.45, 2.75) is 32.9 Å². The van der Waals surface area contributed by atoms with Crippen LogP contribution < -0.4 is 5.32 Å². The number of phenols is 2. The fraction of sp³-hybridized carbons (Fsp3) is 0.294. The summed E-state index contributed by atoms with van der Waals surface area (Å²) >= 11 is 0. The normalized spacial score (nSPS) is 13.9. The lowest BCUT2D eigenvalue weighted by molar-refractivity contribution is 0.427. The summed E-state index contributed by atoms with van der Waals surface area (Å²) in [5, 5.41) is 22.7. The second-order valence-corrected chi connectivity index (χ2v) is 5.21. The van der Waals surface area contributed by atoms with Crippen molar-refractivity contribution in [3.63, 3.8) is 0 Å². The van der Waals surface area contributed by atoms with Gasteiger partial charge in [0.15, 0.2) is 0 Å². The van der Waals surface area contributed by atoms with Crippen LogP contribution in [0.4, 0.5) is 0 Å². The molecule has 3 nitrogen and oxygen atoms in total. The van der Waals surface area contributed by atoms with Gasteiger partial charge >= 0.3 is 0 Å². The first kappa shape index (κ1) is 14.4. The van der Waals surface area contributed by atoms with Gasteiger partial charge in [-0.25, -0.2) is 0 Å². The molecule has 2 rings (SSSR count). The molecule has 3 heteroatoms. The maximum Gasteiger partial charge on any atom is 0.124 e. The van der Waals surface area contributed by atoms with Crippen LogP contribution in [0.2, 0.25) is 0 Å². The van der Waals surface area contributed by atoms with Crippen LogP contribution in [0.1, 0.15) is 42.6 Å². The van der Waals surface area contributed by atoms with E-state index in [0.717, 1.165) is 5.56 Å². The third kappa shape index (κ3) is 3.11. The Hall–Kier alpha value is -2.00. The number of benzene rings is 2. The smallest absolute Gasteiger partial charge is 0.124 e. The van der Waals surface area contributed by atoms with Crippen LogP contribution in [-0.2, 0) is 0 Å². The van der Waals surface area contributed by atoms with E-state index < -0.39 is 0 Å². The van der Waals surface area contributed by atoms with Gasteiger partial charge in [0, 0.05) is 23.7 Å². The zero-order valence-corrected chi connectivity index (χ0v) is 12.1. The van der Waals surface area contributed by atoms with Crippen LogP contribution in [0.15, 0.2) is 42.5 Å². The highest BCUT2D eigenvalue weighted by atomic mass is 16.3. The predicted molar refractivity (Wildman–Crippen MR) is 80.9 cm³/mol. The summed E-state index contributed by atoms with van der Waals surface area (Å²) in [5.41, 5.74) is 3.27. The lowest BCUT2D eigenvalue weighted by Crippen LogP contribution is -2.23. The summed E-state index contributed by atoms with van der Waals surface area (Å²) in [5.74, 6) is 0.187. The number of aromatic hydroxyl groups is 2. The van der Waals surface area contributed by atoms with Crippen molar-refractivity contribution < 1.29 is 10.2 Å². The SMILES string of the molecule is Cc1ccccc1[C@@H](C)NC(C)c1ccc(O)cc1O. The summed E-state index contributed by atoms with van der Waals surface area (Å²) in [7, 11) is 0. The molecule has 20 heavy (non-hydrogen) atoms. The molecule has 106 valence electrons. The molecule has 2 aromatic rings. The number of hydrogen-bond donors (Lipinski definition) is 3. The fourth-order valence-corrected chi connectivity index (χ4v) is 2.53. The quantitative estimate of drug-likeness (QED) is 0.792. The molecule has 0 aliphatic heterocycles. The maximum atomic E-state index is 9.90. The first-order chi connectivity index (χ1) is 9.49. The minimum absolute atomic E-state index is 0.00907. The van der Waals surface area contributed by atoms with E-state index in [0.29, 0.717) is 0 Å². The molecule has 0 aromatic heterocycles. The minimum Gasteiger partial charge on any atom is -0.508 e. The van der Waals surface area contributed by atoms with Gasteiger partial charge in [-0.1, -0.05) is 30.3 Å². The van der Waals surface area contributed by atoms with Crippen LogP contribution in [0.5, 0.6) is 11.5 Å². The first-order valence-electron chi connectivity index (χ1n) is 6.82. The van der Waals surface area contributed by atoms with Gasteiger partial charge < -0.3 is 15.5 Å². The molecule has 0 radical (unpaired) electrons. The number of hydrogen-bond acceptors (Lipinski definition) is 3. The van der Waals surface area contributed by atoms with Crippen molar-refractivity contribution in [1.82, 2.24) is 5.32 Å². The van der Waals surface area contributed by atoms with Gasteiger partial charge in [-0.05, 0) is 38.0 Å². The predicted octanol–water partition coefficient (Wildman–Crippen LogP) is 3.82. The molecule has 0 aliphatic carbocycles. The van der Waals surface area contributed by atoms with Crippen LogP contribution in [0, 0.1) is 6.92 Å². The van der Waals surface area contributed by atoms with Crippen molar-refractivity contribution in [3.05, 3.63) is 59.2 Å². The zero-order valence-electron chi connectivity index (χ0n) is 12.1. The molecular formula is C17H21NO2. The van der Waals surface area contributed by atoms with E-state index in [-0.39, 0.29) is 23.6 Å². The van der Waals surface area contributed by atoms with E-state index >= 15 is 0 Å². The minimum atomic E-state index is -0.00907. The number of phenolic OH excluding ortho intramolecular Hbond substituents is 2. The second-order valence-electron chi connectivity index (χ2n) is 5.21. The van der Waals surface area contributed by atoms with E-state index in [1.165, 1.54) is 17.2 Å². The number of rotatable bonds is 4. The van der Waals surface area contributed by atoms with Crippen LogP contribution >= 0.6 is 0 Å². The van der Waals surface area contributed by atoms with Gasteiger partial charge in [-0.2, -0.15) is 0 Å². The van der Waals surface area contributed by atoms with E-state index in [1.54, 1.807) is 12.1 Å². The molecule has 0 spiro atoms. The van der Waals surface area contributed by atoms with Gasteiger partial charge in [-0.15, -0.1) is 0 Å². The van der Waals surface area contributed by atoms with E-state index in [1.807, 2.05) is 19.1 Å². The Bertz CT molecular complexity index is 595. The van der Waals surface area contributed by atoms with E-state index in [2.05, 4.69) is 31.3 Å². The molecule has 2 aromatic carbocycles. The average molecular weight is 271 g/mol. The Labute approximate surface area is 119 Å². The lowest BCUT2D eigenvalue weighted by atomic mass is 10.00. The van der Waals surface area contributed by atoms with Crippen molar-refractivity contribution in [2.24, 2.45) is 0 Å². The van der Waals surface area contributed by atoms with Crippen LogP contribution in [-0.4, -0.2) is 10.2 Å². The summed E-state index contributed by atoms with van der Waals surface area (Å²) < 4.78 is 0. The third-order valence-corrected chi connectivity index (χ3v) is 3.64. The zero-order chi connectivity index (χ0) is 14.7. The highest BCUT2D eigenvalue weighted by molar-refractivity contribution is 5.40. The molecule has 1 unspecified atom stereocenters. The number of aryl methyl sites for hydroxylation is 1. The first-order valence-corrected chi connectivity index (χ1v) is 6.82. The molecule has 0 saturated heterocycles. The Balaban J connectivity index is 2.15. The Morgan fingerprint density at radius 3 is 2.20 bits per heavy atom. The Kier molecular flexibility index (Phi) is 4.30. The molecule has 0 saturated carbocycles. The molecular weight excluding hydrogens is 250 g/mol. The van der Waals surface area contributed by atoms with Gasteiger partial charge in [0.25, 0.3) is 0 Å². The van der Waals surface area contributed by atoms with Crippen molar-refractivity contribution in [1.29, 1.82) is 0 Å². The van der Waals surface area contributed by atoms with Crippen molar-refractivity contribution >= 4 is 0 Å². The molecule has 2 atom stereocenters. The average Bonchev–Trinajstić information content (AvgIpc) is 2.38. The lowest BCUT2D eigenvalue weighted by Gasteiger charge is -2.22. The van der Waals surface area contributed by atoms with Crippen molar-refractivity contribution in [2.75, 3.05) is 0 Å². The fourth-order valence-electron chi connectivity index (χ4n) is 2.53. The van der Waals surface area contributed by atoms with E-state index in [4.69, 9.17) is 0 Å². The standard InChI is InChI=1S/C17H21NO2/c1-11-6-4-5-7-15(11)12(2)18-13(3)16-9-8-14(19)10-17(16)20/h4-10,12-13,18-20H,1-3H3/t12-,13?/m1/s1. The highest BCUT2D eigenvalue weighted by Gasteiger charge is 2.15. The summed E-state index contributed by atoms with van der Waals surface area (Å²) in [6.45, 7) is 6.20. The molecule has 3 N–H and O–H groups in total. The monoisotopic (exact) mass is 271 g/mol. The van der Waals surface area contributed by atoms with E-state index in [9.17, 15) is 10.2 Å². The molecule has 0 bridgehead atoms. The van der Waals surface area contributed by atoms with Crippen LogP contribution in [0.25, 0.3) is 0 Å².